The van der Waals surface area contributed by atoms with Gasteiger partial charge in [0.2, 0.25) is 0 Å². The Morgan fingerprint density at radius 1 is 1.38 bits per heavy atom. The highest BCUT2D eigenvalue weighted by atomic mass is 127. The summed E-state index contributed by atoms with van der Waals surface area (Å²) in [6.45, 7) is 2.92. The number of para-hydroxylation sites is 1. The Hall–Kier alpha value is -1.24. The largest absolute Gasteiger partial charge is 0.370 e. The summed E-state index contributed by atoms with van der Waals surface area (Å²) in [5.74, 6) is 0.585. The molecule has 114 valence electrons. The van der Waals surface area contributed by atoms with Crippen LogP contribution in [0, 0.1) is 0 Å². The van der Waals surface area contributed by atoms with Crippen LogP contribution in [0.5, 0.6) is 0 Å². The van der Waals surface area contributed by atoms with Gasteiger partial charge < -0.3 is 16.0 Å². The molecule has 2 aromatic rings. The quantitative estimate of drug-likeness (QED) is 0.412. The second-order valence-electron chi connectivity index (χ2n) is 5.44. The van der Waals surface area contributed by atoms with Crippen molar-refractivity contribution >= 4 is 40.8 Å². The second kappa shape index (κ2) is 7.15. The van der Waals surface area contributed by atoms with Gasteiger partial charge in [-0.2, -0.15) is 0 Å². The van der Waals surface area contributed by atoms with Crippen molar-refractivity contribution in [1.29, 1.82) is 0 Å². The first-order chi connectivity index (χ1) is 9.78. The second-order valence-corrected chi connectivity index (χ2v) is 5.44. The van der Waals surface area contributed by atoms with Gasteiger partial charge in [-0.05, 0) is 36.8 Å². The molecule has 4 nitrogen and oxygen atoms in total. The maximum atomic E-state index is 5.84. The summed E-state index contributed by atoms with van der Waals surface area (Å²) in [7, 11) is 0. The normalized spacial score (nSPS) is 15.0. The van der Waals surface area contributed by atoms with E-state index in [-0.39, 0.29) is 24.0 Å². The molecule has 1 heterocycles. The van der Waals surface area contributed by atoms with Gasteiger partial charge in [-0.3, -0.25) is 4.99 Å². The third-order valence-electron chi connectivity index (χ3n) is 3.86. The van der Waals surface area contributed by atoms with Crippen molar-refractivity contribution in [3.05, 3.63) is 35.5 Å². The Kier molecular flexibility index (Phi) is 5.50. The van der Waals surface area contributed by atoms with Crippen LogP contribution >= 0.6 is 24.0 Å². The number of aromatic nitrogens is 1. The van der Waals surface area contributed by atoms with Crippen molar-refractivity contribution in [2.75, 3.05) is 6.54 Å². The van der Waals surface area contributed by atoms with E-state index in [9.17, 15) is 0 Å². The van der Waals surface area contributed by atoms with E-state index in [1.807, 2.05) is 0 Å². The fourth-order valence-electron chi connectivity index (χ4n) is 2.56. The van der Waals surface area contributed by atoms with Gasteiger partial charge in [-0.15, -0.1) is 24.0 Å². The molecule has 0 spiro atoms. The number of halogens is 1. The Labute approximate surface area is 142 Å². The molecule has 21 heavy (non-hydrogen) atoms. The molecule has 0 unspecified atom stereocenters. The molecule has 0 aliphatic heterocycles. The number of benzene rings is 1. The van der Waals surface area contributed by atoms with Crippen LogP contribution in [0.3, 0.4) is 0 Å². The van der Waals surface area contributed by atoms with Crippen molar-refractivity contribution in [3.8, 4) is 0 Å². The highest BCUT2D eigenvalue weighted by Crippen LogP contribution is 2.22. The smallest absolute Gasteiger partial charge is 0.188 e. The summed E-state index contributed by atoms with van der Waals surface area (Å²) >= 11 is 0. The Morgan fingerprint density at radius 3 is 2.90 bits per heavy atom. The number of aryl methyl sites for hydroxylation is 1. The Bertz CT molecular complexity index is 628. The van der Waals surface area contributed by atoms with Gasteiger partial charge in [0, 0.05) is 29.7 Å². The molecule has 3 rings (SSSR count). The predicted molar refractivity (Wildman–Crippen MR) is 99.4 cm³/mol. The molecule has 5 heteroatoms. The molecule has 0 bridgehead atoms. The van der Waals surface area contributed by atoms with Gasteiger partial charge in [0.15, 0.2) is 5.96 Å². The number of guanidine groups is 1. The fourth-order valence-corrected chi connectivity index (χ4v) is 2.56. The van der Waals surface area contributed by atoms with Crippen LogP contribution < -0.4 is 11.1 Å². The molecule has 1 aliphatic carbocycles. The van der Waals surface area contributed by atoms with E-state index in [1.54, 1.807) is 0 Å². The molecule has 1 aliphatic rings. The first kappa shape index (κ1) is 16.1. The zero-order chi connectivity index (χ0) is 13.9. The minimum Gasteiger partial charge on any atom is -0.370 e. The maximum absolute atomic E-state index is 5.84. The number of aromatic amines is 1. The average Bonchev–Trinajstić information content (AvgIpc) is 3.17. The van der Waals surface area contributed by atoms with E-state index in [0.717, 1.165) is 19.4 Å². The Balaban J connectivity index is 0.00000161. The highest BCUT2D eigenvalue weighted by Gasteiger charge is 2.21. The van der Waals surface area contributed by atoms with Crippen molar-refractivity contribution < 1.29 is 0 Å². The lowest BCUT2D eigenvalue weighted by atomic mass is 10.1. The first-order valence-corrected chi connectivity index (χ1v) is 7.42. The lowest BCUT2D eigenvalue weighted by Gasteiger charge is -2.03. The van der Waals surface area contributed by atoms with Crippen molar-refractivity contribution in [2.24, 2.45) is 10.7 Å². The van der Waals surface area contributed by atoms with Gasteiger partial charge >= 0.3 is 0 Å². The number of nitrogens with one attached hydrogen (secondary N) is 2. The molecule has 1 fully saturated rings. The van der Waals surface area contributed by atoms with E-state index < -0.39 is 0 Å². The van der Waals surface area contributed by atoms with Crippen LogP contribution in [0.15, 0.2) is 29.4 Å². The molecule has 1 aromatic heterocycles. The average molecular weight is 398 g/mol. The number of aliphatic imine (C=N–C) groups is 1. The predicted octanol–water partition coefficient (Wildman–Crippen LogP) is 2.96. The van der Waals surface area contributed by atoms with Crippen molar-refractivity contribution in [1.82, 2.24) is 10.3 Å². The zero-order valence-electron chi connectivity index (χ0n) is 12.4. The molecule has 0 amide bonds. The third kappa shape index (κ3) is 3.90. The van der Waals surface area contributed by atoms with Crippen LogP contribution in [-0.2, 0) is 12.8 Å². The van der Waals surface area contributed by atoms with E-state index >= 15 is 0 Å². The van der Waals surface area contributed by atoms with Gasteiger partial charge in [0.25, 0.3) is 0 Å². The summed E-state index contributed by atoms with van der Waals surface area (Å²) < 4.78 is 0. The van der Waals surface area contributed by atoms with Gasteiger partial charge in [0.05, 0.1) is 0 Å². The standard InChI is InChI=1S/C16H22N4.HI/c1-2-11-4-3-5-14-12(10-19-15(11)14)8-9-18-16(17)20-13-6-7-13;/h3-5,10,13,19H,2,6-9H2,1H3,(H3,17,18,20);1H. The minimum absolute atomic E-state index is 0. The van der Waals surface area contributed by atoms with Crippen LogP contribution in [0.2, 0.25) is 0 Å². The van der Waals surface area contributed by atoms with Crippen LogP contribution in [0.1, 0.15) is 30.9 Å². The minimum atomic E-state index is 0. The Morgan fingerprint density at radius 2 is 2.19 bits per heavy atom. The molecule has 1 aromatic carbocycles. The molecule has 4 N–H and O–H groups in total. The summed E-state index contributed by atoms with van der Waals surface area (Å²) in [5.41, 5.74) is 9.79. The van der Waals surface area contributed by atoms with Crippen molar-refractivity contribution in [2.45, 2.75) is 38.6 Å². The summed E-state index contributed by atoms with van der Waals surface area (Å²) in [5, 5.41) is 4.52. The van der Waals surface area contributed by atoms with Crippen LogP contribution in [0.4, 0.5) is 0 Å². The third-order valence-corrected chi connectivity index (χ3v) is 3.86. The summed E-state index contributed by atoms with van der Waals surface area (Å²) in [4.78, 5) is 7.79. The maximum Gasteiger partial charge on any atom is 0.188 e. The van der Waals surface area contributed by atoms with Crippen LogP contribution in [0.25, 0.3) is 10.9 Å². The van der Waals surface area contributed by atoms with Crippen LogP contribution in [-0.4, -0.2) is 23.5 Å². The molecule has 0 radical (unpaired) electrons. The van der Waals surface area contributed by atoms with Gasteiger partial charge in [0.1, 0.15) is 0 Å². The van der Waals surface area contributed by atoms with Gasteiger partial charge in [-0.1, -0.05) is 25.1 Å². The summed E-state index contributed by atoms with van der Waals surface area (Å²) in [6, 6.07) is 7.05. The molecule has 0 atom stereocenters. The topological polar surface area (TPSA) is 66.2 Å². The highest BCUT2D eigenvalue weighted by molar-refractivity contribution is 14.0. The molecule has 1 saturated carbocycles. The number of rotatable bonds is 5. The number of hydrogen-bond donors (Lipinski definition) is 3. The lowest BCUT2D eigenvalue weighted by Crippen LogP contribution is -2.33. The number of hydrogen-bond acceptors (Lipinski definition) is 1. The number of nitrogens with two attached hydrogens (primary N) is 1. The van der Waals surface area contributed by atoms with E-state index in [4.69, 9.17) is 5.73 Å². The van der Waals surface area contributed by atoms with E-state index in [2.05, 4.69) is 46.6 Å². The first-order valence-electron chi connectivity index (χ1n) is 7.42. The van der Waals surface area contributed by atoms with E-state index in [0.29, 0.717) is 12.0 Å². The molecular weight excluding hydrogens is 375 g/mol. The molecular formula is C16H23IN4. The monoisotopic (exact) mass is 398 g/mol. The zero-order valence-corrected chi connectivity index (χ0v) is 14.7. The lowest BCUT2D eigenvalue weighted by molar-refractivity contribution is 0.871. The van der Waals surface area contributed by atoms with Crippen molar-refractivity contribution in [3.63, 3.8) is 0 Å². The number of nitrogens with zero attached hydrogens (tertiary/aromatic N) is 1. The SMILES string of the molecule is CCc1cccc2c(CCN=C(N)NC3CC3)c[nH]c12.I. The fraction of sp³-hybridized carbons (Fsp3) is 0.438. The number of fused-ring (bicyclic) bond motifs is 1. The summed E-state index contributed by atoms with van der Waals surface area (Å²) in [6.07, 6.45) is 6.51. The van der Waals surface area contributed by atoms with E-state index in [1.165, 1.54) is 34.9 Å². The number of H-pyrrole nitrogens is 1. The van der Waals surface area contributed by atoms with Gasteiger partial charge in [-0.25, -0.2) is 0 Å². The molecule has 0 saturated heterocycles.